The first-order valence-corrected chi connectivity index (χ1v) is 11.2. The van der Waals surface area contributed by atoms with E-state index in [1.807, 2.05) is 46.3 Å². The van der Waals surface area contributed by atoms with Crippen LogP contribution in [-0.4, -0.2) is 17.1 Å². The minimum absolute atomic E-state index is 0.00582. The van der Waals surface area contributed by atoms with Crippen molar-refractivity contribution in [1.82, 2.24) is 4.57 Å². The highest BCUT2D eigenvalue weighted by molar-refractivity contribution is 7.07. The fraction of sp³-hybridized carbons (Fsp3) is 0.120. The Labute approximate surface area is 192 Å². The number of nitrogens with one attached hydrogen (secondary N) is 1. The first kappa shape index (κ1) is 21.1. The summed E-state index contributed by atoms with van der Waals surface area (Å²) in [4.78, 5) is 16.8. The van der Waals surface area contributed by atoms with Gasteiger partial charge in [0.05, 0.1) is 11.4 Å². The molecule has 3 aromatic carbocycles. The number of rotatable bonds is 5. The number of carbonyl (C=O) groups excluding carboxylic acids is 1. The number of aromatic nitrogens is 1. The van der Waals surface area contributed by atoms with Gasteiger partial charge in [-0.3, -0.25) is 4.79 Å². The van der Waals surface area contributed by atoms with Gasteiger partial charge in [0.1, 0.15) is 17.3 Å². The maximum absolute atomic E-state index is 14.3. The fourth-order valence-electron chi connectivity index (χ4n) is 3.67. The highest BCUT2D eigenvalue weighted by atomic mass is 32.1. The van der Waals surface area contributed by atoms with Crippen LogP contribution in [0.1, 0.15) is 5.56 Å². The van der Waals surface area contributed by atoms with E-state index in [0.29, 0.717) is 22.8 Å². The molecule has 4 aromatic rings. The van der Waals surface area contributed by atoms with Gasteiger partial charge in [-0.1, -0.05) is 30.3 Å². The Morgan fingerprint density at radius 1 is 1.06 bits per heavy atom. The minimum atomic E-state index is -0.715. The van der Waals surface area contributed by atoms with Gasteiger partial charge in [0.25, 0.3) is 5.91 Å². The Hall–Kier alpha value is -3.78. The second kappa shape index (κ2) is 8.99. The third-order valence-electron chi connectivity index (χ3n) is 5.30. The predicted octanol–water partition coefficient (Wildman–Crippen LogP) is 5.30. The number of anilines is 1. The molecule has 0 radical (unpaired) electrons. The smallest absolute Gasteiger partial charge is 0.262 e. The van der Waals surface area contributed by atoms with Crippen molar-refractivity contribution in [3.8, 4) is 17.0 Å². The molecule has 0 unspecified atom stereocenters. The molecule has 0 spiro atoms. The summed E-state index contributed by atoms with van der Waals surface area (Å²) >= 11 is 1.37. The molecule has 2 heterocycles. The van der Waals surface area contributed by atoms with Crippen LogP contribution in [0.15, 0.2) is 77.1 Å². The molecule has 1 aliphatic heterocycles. The van der Waals surface area contributed by atoms with Crippen LogP contribution in [0.5, 0.6) is 5.75 Å². The second-order valence-corrected chi connectivity index (χ2v) is 8.38. The number of ether oxygens (including phenoxy) is 1. The fourth-order valence-corrected chi connectivity index (χ4v) is 4.62. The van der Waals surface area contributed by atoms with Crippen LogP contribution in [-0.2, 0) is 17.8 Å². The third-order valence-corrected chi connectivity index (χ3v) is 6.16. The van der Waals surface area contributed by atoms with Crippen LogP contribution in [0.2, 0.25) is 0 Å². The quantitative estimate of drug-likeness (QED) is 0.437. The van der Waals surface area contributed by atoms with Crippen molar-refractivity contribution in [1.29, 1.82) is 0 Å². The van der Waals surface area contributed by atoms with E-state index in [-0.39, 0.29) is 18.2 Å². The van der Waals surface area contributed by atoms with Crippen molar-refractivity contribution in [2.24, 2.45) is 4.99 Å². The average Bonchev–Trinajstić information content (AvgIpc) is 3.22. The summed E-state index contributed by atoms with van der Waals surface area (Å²) < 4.78 is 35.1. The monoisotopic (exact) mass is 463 g/mol. The lowest BCUT2D eigenvalue weighted by Gasteiger charge is -2.19. The number of fused-ring (bicyclic) bond motifs is 1. The molecule has 1 N–H and O–H groups in total. The van der Waals surface area contributed by atoms with Gasteiger partial charge in [0.2, 0.25) is 0 Å². The van der Waals surface area contributed by atoms with Gasteiger partial charge in [-0.2, -0.15) is 0 Å². The van der Waals surface area contributed by atoms with E-state index in [1.54, 1.807) is 0 Å². The summed E-state index contributed by atoms with van der Waals surface area (Å²) in [7, 11) is 0. The van der Waals surface area contributed by atoms with Gasteiger partial charge in [0, 0.05) is 23.6 Å². The van der Waals surface area contributed by atoms with Crippen molar-refractivity contribution < 1.29 is 18.3 Å². The van der Waals surface area contributed by atoms with Crippen LogP contribution < -0.4 is 14.9 Å². The number of thiazole rings is 1. The second-order valence-electron chi connectivity index (χ2n) is 7.55. The molecule has 0 saturated heterocycles. The summed E-state index contributed by atoms with van der Waals surface area (Å²) in [6, 6.07) is 19.0. The Morgan fingerprint density at radius 3 is 2.73 bits per heavy atom. The molecule has 1 aromatic heterocycles. The van der Waals surface area contributed by atoms with Crippen LogP contribution in [0.25, 0.3) is 11.3 Å². The number of benzene rings is 3. The lowest BCUT2D eigenvalue weighted by atomic mass is 10.1. The summed E-state index contributed by atoms with van der Waals surface area (Å²) in [6.07, 6.45) is 0.744. The summed E-state index contributed by atoms with van der Waals surface area (Å²) in [5, 5.41) is 4.77. The van der Waals surface area contributed by atoms with E-state index in [2.05, 4.69) is 22.4 Å². The Kier molecular flexibility index (Phi) is 5.75. The first-order valence-electron chi connectivity index (χ1n) is 10.4. The Bertz CT molecular complexity index is 1400. The highest BCUT2D eigenvalue weighted by Gasteiger charge is 2.18. The lowest BCUT2D eigenvalue weighted by Crippen LogP contribution is -2.25. The zero-order chi connectivity index (χ0) is 22.8. The predicted molar refractivity (Wildman–Crippen MR) is 124 cm³/mol. The molecule has 0 fully saturated rings. The van der Waals surface area contributed by atoms with Crippen molar-refractivity contribution in [3.63, 3.8) is 0 Å². The SMILES string of the molecule is O=C1COc2ccc(-c3csc(=Nc4ccc(F)cc4F)n3CCc3ccccc3)cc2N1. The summed E-state index contributed by atoms with van der Waals surface area (Å²) in [5.74, 6) is -0.950. The van der Waals surface area contributed by atoms with Crippen molar-refractivity contribution >= 4 is 28.6 Å². The number of hydrogen-bond acceptors (Lipinski definition) is 4. The number of aryl methyl sites for hydroxylation is 1. The Morgan fingerprint density at radius 2 is 1.91 bits per heavy atom. The zero-order valence-electron chi connectivity index (χ0n) is 17.4. The summed E-state index contributed by atoms with van der Waals surface area (Å²) in [6.45, 7) is 0.596. The molecule has 166 valence electrons. The van der Waals surface area contributed by atoms with Gasteiger partial charge in [-0.25, -0.2) is 13.8 Å². The molecule has 8 heteroatoms. The normalized spacial score (nSPS) is 13.4. The molecule has 5 nitrogen and oxygen atoms in total. The Balaban J connectivity index is 1.58. The van der Waals surface area contributed by atoms with Gasteiger partial charge in [-0.05, 0) is 42.3 Å². The van der Waals surface area contributed by atoms with Crippen LogP contribution in [0, 0.1) is 11.6 Å². The number of amides is 1. The molecule has 0 atom stereocenters. The number of hydrogen-bond donors (Lipinski definition) is 1. The van der Waals surface area contributed by atoms with E-state index < -0.39 is 11.6 Å². The van der Waals surface area contributed by atoms with Gasteiger partial charge in [-0.15, -0.1) is 11.3 Å². The molecule has 33 heavy (non-hydrogen) atoms. The van der Waals surface area contributed by atoms with Crippen molar-refractivity contribution in [2.45, 2.75) is 13.0 Å². The molecular weight excluding hydrogens is 444 g/mol. The number of nitrogens with zero attached hydrogens (tertiary/aromatic N) is 2. The molecule has 0 saturated carbocycles. The lowest BCUT2D eigenvalue weighted by molar-refractivity contribution is -0.118. The zero-order valence-corrected chi connectivity index (χ0v) is 18.2. The molecule has 1 amide bonds. The minimum Gasteiger partial charge on any atom is -0.482 e. The molecular formula is C25H19F2N3O2S. The van der Waals surface area contributed by atoms with Crippen LogP contribution >= 0.6 is 11.3 Å². The maximum atomic E-state index is 14.3. The van der Waals surface area contributed by atoms with Crippen molar-refractivity contribution in [3.05, 3.63) is 94.1 Å². The highest BCUT2D eigenvalue weighted by Crippen LogP contribution is 2.33. The third kappa shape index (κ3) is 4.56. The van der Waals surface area contributed by atoms with E-state index >= 15 is 0 Å². The van der Waals surface area contributed by atoms with Gasteiger partial charge >= 0.3 is 0 Å². The van der Waals surface area contributed by atoms with Crippen LogP contribution in [0.4, 0.5) is 20.2 Å². The van der Waals surface area contributed by atoms with Gasteiger partial charge < -0.3 is 14.6 Å². The number of halogens is 2. The number of carbonyl (C=O) groups is 1. The van der Waals surface area contributed by atoms with E-state index in [4.69, 9.17) is 4.74 Å². The average molecular weight is 464 g/mol. The molecule has 5 rings (SSSR count). The largest absolute Gasteiger partial charge is 0.482 e. The molecule has 0 aliphatic carbocycles. The van der Waals surface area contributed by atoms with E-state index in [9.17, 15) is 13.6 Å². The van der Waals surface area contributed by atoms with Gasteiger partial charge in [0.15, 0.2) is 17.2 Å². The molecule has 1 aliphatic rings. The van der Waals surface area contributed by atoms with E-state index in [1.165, 1.54) is 23.5 Å². The van der Waals surface area contributed by atoms with E-state index in [0.717, 1.165) is 29.3 Å². The topological polar surface area (TPSA) is 55.6 Å². The van der Waals surface area contributed by atoms with Crippen LogP contribution in [0.3, 0.4) is 0 Å². The molecule has 0 bridgehead atoms. The first-order chi connectivity index (χ1) is 16.1. The maximum Gasteiger partial charge on any atom is 0.262 e. The standard InChI is InChI=1S/C25H19F2N3O2S/c26-18-7-8-20(19(27)13-18)29-25-30(11-10-16-4-2-1-3-5-16)22(15-33-25)17-6-9-23-21(12-17)28-24(31)14-32-23/h1-9,12-13,15H,10-11,14H2,(H,28,31). The summed E-state index contributed by atoms with van der Waals surface area (Å²) in [5.41, 5.74) is 3.58. The van der Waals surface area contributed by atoms with Crippen molar-refractivity contribution in [2.75, 3.05) is 11.9 Å².